The number of benzene rings is 1. The maximum absolute atomic E-state index is 12.4. The summed E-state index contributed by atoms with van der Waals surface area (Å²) in [4.78, 5) is 36.5. The molecule has 2 rings (SSSR count). The van der Waals surface area contributed by atoms with Crippen LogP contribution < -0.4 is 10.1 Å². The van der Waals surface area contributed by atoms with E-state index in [-0.39, 0.29) is 35.2 Å². The first kappa shape index (κ1) is 17.7. The number of ether oxygens (including phenoxy) is 1. The van der Waals surface area contributed by atoms with Crippen LogP contribution >= 0.6 is 0 Å². The van der Waals surface area contributed by atoms with E-state index in [2.05, 4.69) is 5.32 Å². The van der Waals surface area contributed by atoms with Gasteiger partial charge in [-0.25, -0.2) is 0 Å². The van der Waals surface area contributed by atoms with Gasteiger partial charge in [0.05, 0.1) is 29.7 Å². The third-order valence-electron chi connectivity index (χ3n) is 3.96. The van der Waals surface area contributed by atoms with E-state index in [1.807, 2.05) is 20.8 Å². The van der Waals surface area contributed by atoms with Crippen molar-refractivity contribution in [1.29, 1.82) is 0 Å². The van der Waals surface area contributed by atoms with Crippen molar-refractivity contribution in [2.24, 2.45) is 5.92 Å². The lowest BCUT2D eigenvalue weighted by atomic mass is 10.1. The molecule has 8 nitrogen and oxygen atoms in total. The molecule has 8 heteroatoms. The molecule has 0 bridgehead atoms. The monoisotopic (exact) mass is 335 g/mol. The molecule has 0 spiro atoms. The van der Waals surface area contributed by atoms with E-state index in [1.54, 1.807) is 4.90 Å². The number of carbonyl (C=O) groups excluding carboxylic acids is 2. The molecular formula is C16H21N3O5. The second-order valence-electron chi connectivity index (χ2n) is 6.71. The number of anilines is 1. The number of hydrogen-bond donors (Lipinski definition) is 1. The molecular weight excluding hydrogens is 314 g/mol. The number of likely N-dealkylation sites (tertiary alicyclic amines) is 1. The second kappa shape index (κ2) is 6.46. The molecule has 1 heterocycles. The van der Waals surface area contributed by atoms with Gasteiger partial charge in [0.1, 0.15) is 5.75 Å². The molecule has 24 heavy (non-hydrogen) atoms. The summed E-state index contributed by atoms with van der Waals surface area (Å²) in [6.07, 6.45) is 0.151. The fraction of sp³-hybridized carbons (Fsp3) is 0.500. The molecule has 0 aliphatic carbocycles. The van der Waals surface area contributed by atoms with Crippen LogP contribution in [0, 0.1) is 16.0 Å². The summed E-state index contributed by atoms with van der Waals surface area (Å²) in [5, 5.41) is 13.5. The number of hydrogen-bond acceptors (Lipinski definition) is 5. The van der Waals surface area contributed by atoms with Gasteiger partial charge in [-0.15, -0.1) is 0 Å². The molecule has 0 saturated carbocycles. The molecule has 0 radical (unpaired) electrons. The molecule has 2 amide bonds. The predicted octanol–water partition coefficient (Wildman–Crippen LogP) is 2.19. The summed E-state index contributed by atoms with van der Waals surface area (Å²) >= 11 is 0. The zero-order valence-electron chi connectivity index (χ0n) is 14.2. The fourth-order valence-electron chi connectivity index (χ4n) is 2.66. The minimum Gasteiger partial charge on any atom is -0.494 e. The van der Waals surface area contributed by atoms with Crippen LogP contribution in [0.5, 0.6) is 5.75 Å². The minimum absolute atomic E-state index is 0.0571. The van der Waals surface area contributed by atoms with E-state index in [9.17, 15) is 19.7 Å². The van der Waals surface area contributed by atoms with Crippen LogP contribution in [0.25, 0.3) is 0 Å². The van der Waals surface area contributed by atoms with Crippen molar-refractivity contribution in [2.75, 3.05) is 19.0 Å². The SMILES string of the molecule is COc1cc([N+](=O)[O-])ccc1NC(=O)C1CC(=O)N(C(C)(C)C)C1. The van der Waals surface area contributed by atoms with Gasteiger partial charge in [0.2, 0.25) is 11.8 Å². The predicted molar refractivity (Wildman–Crippen MR) is 87.9 cm³/mol. The molecule has 1 atom stereocenters. The number of nitrogens with zero attached hydrogens (tertiary/aromatic N) is 2. The number of rotatable bonds is 4. The highest BCUT2D eigenvalue weighted by Gasteiger charge is 2.39. The summed E-state index contributed by atoms with van der Waals surface area (Å²) in [5.41, 5.74) is -0.119. The summed E-state index contributed by atoms with van der Waals surface area (Å²) < 4.78 is 5.10. The first-order valence-electron chi connectivity index (χ1n) is 7.57. The lowest BCUT2D eigenvalue weighted by Crippen LogP contribution is -2.42. The van der Waals surface area contributed by atoms with Gasteiger partial charge in [-0.2, -0.15) is 0 Å². The van der Waals surface area contributed by atoms with Crippen LogP contribution in [0.15, 0.2) is 18.2 Å². The van der Waals surface area contributed by atoms with Crippen LogP contribution in [0.1, 0.15) is 27.2 Å². The molecule has 1 unspecified atom stereocenters. The van der Waals surface area contributed by atoms with Crippen molar-refractivity contribution < 1.29 is 19.2 Å². The van der Waals surface area contributed by atoms with Gasteiger partial charge >= 0.3 is 0 Å². The average Bonchev–Trinajstić information content (AvgIpc) is 2.89. The number of nitro benzene ring substituents is 1. The van der Waals surface area contributed by atoms with E-state index < -0.39 is 10.8 Å². The van der Waals surface area contributed by atoms with Crippen LogP contribution in [0.4, 0.5) is 11.4 Å². The Hall–Kier alpha value is -2.64. The molecule has 1 aromatic carbocycles. The molecule has 1 aromatic rings. The molecule has 1 fully saturated rings. The summed E-state index contributed by atoms with van der Waals surface area (Å²) in [7, 11) is 1.37. The topological polar surface area (TPSA) is 102 Å². The lowest BCUT2D eigenvalue weighted by Gasteiger charge is -2.31. The van der Waals surface area contributed by atoms with Crippen molar-refractivity contribution >= 4 is 23.2 Å². The van der Waals surface area contributed by atoms with Crippen LogP contribution in [-0.2, 0) is 9.59 Å². The first-order chi connectivity index (χ1) is 11.1. The summed E-state index contributed by atoms with van der Waals surface area (Å²) in [5.74, 6) is -0.619. The van der Waals surface area contributed by atoms with Crippen molar-refractivity contribution in [1.82, 2.24) is 4.90 Å². The number of nitrogens with one attached hydrogen (secondary N) is 1. The molecule has 0 aromatic heterocycles. The quantitative estimate of drug-likeness (QED) is 0.671. The van der Waals surface area contributed by atoms with Gasteiger partial charge in [0, 0.05) is 24.6 Å². The third kappa shape index (κ3) is 3.64. The van der Waals surface area contributed by atoms with Gasteiger partial charge < -0.3 is 15.0 Å². The zero-order valence-corrected chi connectivity index (χ0v) is 14.2. The number of carbonyl (C=O) groups is 2. The van der Waals surface area contributed by atoms with E-state index in [1.165, 1.54) is 25.3 Å². The maximum Gasteiger partial charge on any atom is 0.273 e. The zero-order chi connectivity index (χ0) is 18.1. The second-order valence-corrected chi connectivity index (χ2v) is 6.71. The highest BCUT2D eigenvalue weighted by atomic mass is 16.6. The molecule has 1 aliphatic rings. The summed E-state index contributed by atoms with van der Waals surface area (Å²) in [6, 6.07) is 3.96. The Morgan fingerprint density at radius 1 is 1.42 bits per heavy atom. The smallest absolute Gasteiger partial charge is 0.273 e. The largest absolute Gasteiger partial charge is 0.494 e. The van der Waals surface area contributed by atoms with Crippen molar-refractivity contribution in [3.8, 4) is 5.75 Å². The highest BCUT2D eigenvalue weighted by molar-refractivity contribution is 5.98. The normalized spacial score (nSPS) is 17.8. The van der Waals surface area contributed by atoms with Gasteiger partial charge in [-0.3, -0.25) is 19.7 Å². The van der Waals surface area contributed by atoms with Gasteiger partial charge in [-0.1, -0.05) is 0 Å². The van der Waals surface area contributed by atoms with E-state index >= 15 is 0 Å². The van der Waals surface area contributed by atoms with Gasteiger partial charge in [-0.05, 0) is 26.8 Å². The molecule has 1 aliphatic heterocycles. The van der Waals surface area contributed by atoms with E-state index in [0.29, 0.717) is 12.2 Å². The lowest BCUT2D eigenvalue weighted by molar-refractivity contribution is -0.384. The van der Waals surface area contributed by atoms with Crippen LogP contribution in [-0.4, -0.2) is 40.8 Å². The maximum atomic E-state index is 12.4. The standard InChI is InChI=1S/C16H21N3O5/c1-16(2,3)18-9-10(7-14(18)20)15(21)17-12-6-5-11(19(22)23)8-13(12)24-4/h5-6,8,10H,7,9H2,1-4H3,(H,17,21). The molecule has 1 saturated heterocycles. The van der Waals surface area contributed by atoms with Crippen molar-refractivity contribution in [3.63, 3.8) is 0 Å². The van der Waals surface area contributed by atoms with Crippen LogP contribution in [0.3, 0.4) is 0 Å². The fourth-order valence-corrected chi connectivity index (χ4v) is 2.66. The Bertz CT molecular complexity index is 681. The number of amides is 2. The van der Waals surface area contributed by atoms with E-state index in [0.717, 1.165) is 0 Å². The Balaban J connectivity index is 2.13. The van der Waals surface area contributed by atoms with Crippen molar-refractivity contribution in [3.05, 3.63) is 28.3 Å². The minimum atomic E-state index is -0.537. The number of nitro groups is 1. The molecule has 130 valence electrons. The third-order valence-corrected chi connectivity index (χ3v) is 3.96. The first-order valence-corrected chi connectivity index (χ1v) is 7.57. The Kier molecular flexibility index (Phi) is 4.77. The van der Waals surface area contributed by atoms with E-state index in [4.69, 9.17) is 4.74 Å². The molecule has 1 N–H and O–H groups in total. The van der Waals surface area contributed by atoms with Gasteiger partial charge in [0.15, 0.2) is 0 Å². The average molecular weight is 335 g/mol. The van der Waals surface area contributed by atoms with Crippen LogP contribution in [0.2, 0.25) is 0 Å². The Morgan fingerprint density at radius 2 is 2.08 bits per heavy atom. The summed E-state index contributed by atoms with van der Waals surface area (Å²) in [6.45, 7) is 6.11. The van der Waals surface area contributed by atoms with Gasteiger partial charge in [0.25, 0.3) is 5.69 Å². The number of methoxy groups -OCH3 is 1. The Labute approximate surface area is 139 Å². The number of non-ortho nitro benzene ring substituents is 1. The van der Waals surface area contributed by atoms with Crippen molar-refractivity contribution in [2.45, 2.75) is 32.7 Å². The Morgan fingerprint density at radius 3 is 2.58 bits per heavy atom. The highest BCUT2D eigenvalue weighted by Crippen LogP contribution is 2.31.